The first-order valence-corrected chi connectivity index (χ1v) is 6.87. The lowest BCUT2D eigenvalue weighted by Gasteiger charge is -2.12. The average molecular weight is 277 g/mol. The van der Waals surface area contributed by atoms with Gasteiger partial charge in [0.25, 0.3) is 5.91 Å². The molecule has 0 saturated heterocycles. The number of anilines is 1. The van der Waals surface area contributed by atoms with Gasteiger partial charge in [-0.15, -0.1) is 0 Å². The molecule has 0 bridgehead atoms. The van der Waals surface area contributed by atoms with Crippen LogP contribution in [-0.4, -0.2) is 17.9 Å². The highest BCUT2D eigenvalue weighted by atomic mass is 16.2. The van der Waals surface area contributed by atoms with Crippen molar-refractivity contribution >= 4 is 17.5 Å². The Balaban J connectivity index is 2.49. The van der Waals surface area contributed by atoms with Gasteiger partial charge in [0.1, 0.15) is 0 Å². The lowest BCUT2D eigenvalue weighted by atomic mass is 10.0. The van der Waals surface area contributed by atoms with E-state index in [0.717, 1.165) is 12.8 Å². The molecule has 5 N–H and O–H groups in total. The summed E-state index contributed by atoms with van der Waals surface area (Å²) in [6.07, 6.45) is 2.45. The first-order chi connectivity index (χ1) is 9.41. The molecular weight excluding hydrogens is 254 g/mol. The van der Waals surface area contributed by atoms with Crippen LogP contribution in [0.15, 0.2) is 24.3 Å². The molecule has 0 saturated carbocycles. The maximum absolute atomic E-state index is 11.9. The molecule has 20 heavy (non-hydrogen) atoms. The number of carbonyl (C=O) groups excluding carboxylic acids is 2. The lowest BCUT2D eigenvalue weighted by Crippen LogP contribution is -2.43. The van der Waals surface area contributed by atoms with E-state index in [-0.39, 0.29) is 5.56 Å². The van der Waals surface area contributed by atoms with Crippen LogP contribution in [0.2, 0.25) is 0 Å². The molecule has 0 aliphatic heterocycles. The monoisotopic (exact) mass is 277 g/mol. The van der Waals surface area contributed by atoms with Gasteiger partial charge in [-0.3, -0.25) is 14.9 Å². The van der Waals surface area contributed by atoms with Gasteiger partial charge < -0.3 is 11.5 Å². The fourth-order valence-electron chi connectivity index (χ4n) is 1.85. The van der Waals surface area contributed by atoms with Crippen LogP contribution in [0.3, 0.4) is 0 Å². The smallest absolute Gasteiger partial charge is 0.259 e. The Kier molecular flexibility index (Phi) is 6.18. The molecule has 1 unspecified atom stereocenters. The maximum atomic E-state index is 11.9. The zero-order valence-electron chi connectivity index (χ0n) is 12.1. The predicted octanol–water partition coefficient (Wildman–Crippen LogP) is 1.68. The number of hydrogen-bond acceptors (Lipinski definition) is 4. The second-order valence-electron chi connectivity index (χ2n) is 5.34. The van der Waals surface area contributed by atoms with Gasteiger partial charge >= 0.3 is 0 Å². The van der Waals surface area contributed by atoms with Gasteiger partial charge in [-0.2, -0.15) is 0 Å². The normalized spacial score (nSPS) is 12.2. The van der Waals surface area contributed by atoms with Crippen LogP contribution in [0, 0.1) is 5.92 Å². The van der Waals surface area contributed by atoms with Crippen LogP contribution < -0.4 is 16.8 Å². The third-order valence-electron chi connectivity index (χ3n) is 3.08. The second kappa shape index (κ2) is 7.65. The Morgan fingerprint density at radius 3 is 2.45 bits per heavy atom. The molecule has 1 rings (SSSR count). The van der Waals surface area contributed by atoms with E-state index in [0.29, 0.717) is 18.0 Å². The van der Waals surface area contributed by atoms with Gasteiger partial charge in [0.05, 0.1) is 11.6 Å². The quantitative estimate of drug-likeness (QED) is 0.689. The van der Waals surface area contributed by atoms with E-state index in [1.165, 1.54) is 0 Å². The first kappa shape index (κ1) is 16.2. The van der Waals surface area contributed by atoms with Gasteiger partial charge in [-0.25, -0.2) is 0 Å². The molecule has 0 aliphatic rings. The number of nitrogen functional groups attached to an aromatic ring is 1. The van der Waals surface area contributed by atoms with Crippen molar-refractivity contribution in [3.05, 3.63) is 29.8 Å². The number of nitrogens with two attached hydrogens (primary N) is 2. The van der Waals surface area contributed by atoms with E-state index in [4.69, 9.17) is 11.5 Å². The van der Waals surface area contributed by atoms with Crippen molar-refractivity contribution in [2.45, 2.75) is 39.2 Å². The van der Waals surface area contributed by atoms with E-state index >= 15 is 0 Å². The van der Waals surface area contributed by atoms with Gasteiger partial charge in [0.15, 0.2) is 0 Å². The Morgan fingerprint density at radius 1 is 1.20 bits per heavy atom. The highest BCUT2D eigenvalue weighted by molar-refractivity contribution is 6.08. The fourth-order valence-corrected chi connectivity index (χ4v) is 1.85. The van der Waals surface area contributed by atoms with Crippen LogP contribution in [0.25, 0.3) is 0 Å². The molecule has 5 heteroatoms. The number of nitrogens with one attached hydrogen (secondary N) is 1. The molecule has 0 aromatic heterocycles. The lowest BCUT2D eigenvalue weighted by molar-refractivity contribution is -0.121. The number of benzene rings is 1. The number of hydrogen-bond donors (Lipinski definition) is 3. The van der Waals surface area contributed by atoms with Crippen molar-refractivity contribution in [2.24, 2.45) is 11.7 Å². The van der Waals surface area contributed by atoms with Gasteiger partial charge in [-0.1, -0.05) is 38.8 Å². The number of imide groups is 1. The molecule has 0 fully saturated rings. The van der Waals surface area contributed by atoms with Gasteiger partial charge in [0, 0.05) is 5.69 Å². The minimum atomic E-state index is -0.664. The summed E-state index contributed by atoms with van der Waals surface area (Å²) in [5.74, 6) is -0.384. The largest absolute Gasteiger partial charge is 0.398 e. The minimum absolute atomic E-state index is 0.287. The zero-order valence-corrected chi connectivity index (χ0v) is 12.1. The summed E-state index contributed by atoms with van der Waals surface area (Å²) in [5.41, 5.74) is 12.1. The van der Waals surface area contributed by atoms with Crippen molar-refractivity contribution in [1.82, 2.24) is 5.32 Å². The van der Waals surface area contributed by atoms with Gasteiger partial charge in [-0.05, 0) is 24.5 Å². The molecule has 2 amide bonds. The fraction of sp³-hybridized carbons (Fsp3) is 0.467. The zero-order chi connectivity index (χ0) is 15.1. The predicted molar refractivity (Wildman–Crippen MR) is 80.0 cm³/mol. The summed E-state index contributed by atoms with van der Waals surface area (Å²) >= 11 is 0. The summed E-state index contributed by atoms with van der Waals surface area (Å²) in [4.78, 5) is 23.7. The molecule has 1 aromatic carbocycles. The van der Waals surface area contributed by atoms with E-state index in [9.17, 15) is 9.59 Å². The summed E-state index contributed by atoms with van der Waals surface area (Å²) < 4.78 is 0. The van der Waals surface area contributed by atoms with E-state index in [1.54, 1.807) is 24.3 Å². The van der Waals surface area contributed by atoms with Crippen LogP contribution in [0.1, 0.15) is 43.5 Å². The SMILES string of the molecule is CC(C)CCCC(N)C(=O)NC(=O)c1ccccc1N. The molecule has 1 atom stereocenters. The Bertz CT molecular complexity index is 472. The van der Waals surface area contributed by atoms with Gasteiger partial charge in [0.2, 0.25) is 5.91 Å². The molecule has 0 aliphatic carbocycles. The molecule has 0 spiro atoms. The van der Waals surface area contributed by atoms with Crippen molar-refractivity contribution < 1.29 is 9.59 Å². The van der Waals surface area contributed by atoms with E-state index in [1.807, 2.05) is 0 Å². The molecule has 110 valence electrons. The van der Waals surface area contributed by atoms with Crippen LogP contribution in [-0.2, 0) is 4.79 Å². The third kappa shape index (κ3) is 5.01. The number of carbonyl (C=O) groups is 2. The Hall–Kier alpha value is -1.88. The number of para-hydroxylation sites is 1. The summed E-state index contributed by atoms with van der Waals surface area (Å²) in [6, 6.07) is 5.94. The molecule has 0 heterocycles. The molecular formula is C15H23N3O2. The van der Waals surface area contributed by atoms with Crippen molar-refractivity contribution in [2.75, 3.05) is 5.73 Å². The summed E-state index contributed by atoms with van der Waals surface area (Å²) in [6.45, 7) is 4.24. The number of amides is 2. The average Bonchev–Trinajstić information content (AvgIpc) is 2.38. The summed E-state index contributed by atoms with van der Waals surface area (Å²) in [7, 11) is 0. The molecule has 5 nitrogen and oxygen atoms in total. The highest BCUT2D eigenvalue weighted by Gasteiger charge is 2.18. The third-order valence-corrected chi connectivity index (χ3v) is 3.08. The molecule has 0 radical (unpaired) electrons. The van der Waals surface area contributed by atoms with Crippen LogP contribution in [0.5, 0.6) is 0 Å². The molecule has 1 aromatic rings. The number of rotatable bonds is 6. The Labute approximate surface area is 119 Å². The Morgan fingerprint density at radius 2 is 1.85 bits per heavy atom. The van der Waals surface area contributed by atoms with E-state index in [2.05, 4.69) is 19.2 Å². The van der Waals surface area contributed by atoms with Crippen molar-refractivity contribution in [1.29, 1.82) is 0 Å². The van der Waals surface area contributed by atoms with Crippen molar-refractivity contribution in [3.8, 4) is 0 Å². The van der Waals surface area contributed by atoms with E-state index < -0.39 is 17.9 Å². The first-order valence-electron chi connectivity index (χ1n) is 6.87. The second-order valence-corrected chi connectivity index (χ2v) is 5.34. The van der Waals surface area contributed by atoms with Crippen molar-refractivity contribution in [3.63, 3.8) is 0 Å². The highest BCUT2D eigenvalue weighted by Crippen LogP contribution is 2.11. The van der Waals surface area contributed by atoms with Crippen LogP contribution >= 0.6 is 0 Å². The topological polar surface area (TPSA) is 98.2 Å². The maximum Gasteiger partial charge on any atom is 0.259 e. The summed E-state index contributed by atoms with van der Waals surface area (Å²) in [5, 5.41) is 2.29. The minimum Gasteiger partial charge on any atom is -0.398 e. The standard InChI is InChI=1S/C15H23N3O2/c1-10(2)6-5-9-13(17)15(20)18-14(19)11-7-3-4-8-12(11)16/h3-4,7-8,10,13H,5-6,9,16-17H2,1-2H3,(H,18,19,20). The van der Waals surface area contributed by atoms with Crippen LogP contribution in [0.4, 0.5) is 5.69 Å².